The SMILES string of the molecule is C.C.CC.CC.CC.CCC.CCC.F. The highest BCUT2D eigenvalue weighted by atomic mass is 19.0. The zero-order valence-electron chi connectivity index (χ0n) is 11.8. The molecule has 106 valence electrons. The zero-order valence-corrected chi connectivity index (χ0v) is 11.8. The molecule has 0 aliphatic rings. The van der Waals surface area contributed by atoms with Crippen LogP contribution in [0.3, 0.4) is 0 Å². The summed E-state index contributed by atoms with van der Waals surface area (Å²) >= 11 is 0. The Morgan fingerprint density at radius 2 is 0.467 bits per heavy atom. The first-order valence-electron chi connectivity index (χ1n) is 5.83. The predicted molar refractivity (Wildman–Crippen MR) is 81.9 cm³/mol. The summed E-state index contributed by atoms with van der Waals surface area (Å²) in [6, 6.07) is 0. The fraction of sp³-hybridized carbons (Fsp3) is 1.00. The smallest absolute Gasteiger partial charge is 0.0590 e. The van der Waals surface area contributed by atoms with E-state index in [4.69, 9.17) is 0 Å². The molecule has 0 bridgehead atoms. The van der Waals surface area contributed by atoms with Crippen LogP contribution in [0.5, 0.6) is 0 Å². The van der Waals surface area contributed by atoms with Gasteiger partial charge in [-0.05, 0) is 0 Å². The molecule has 0 saturated carbocycles. The molecule has 15 heavy (non-hydrogen) atoms. The minimum Gasteiger partial charge on any atom is -0.269 e. The van der Waals surface area contributed by atoms with Gasteiger partial charge in [-0.2, -0.15) is 0 Å². The molecule has 0 atom stereocenters. The molecule has 0 heterocycles. The normalized spacial score (nSPS) is 3.60. The van der Waals surface area contributed by atoms with Gasteiger partial charge in [-0.25, -0.2) is 0 Å². The van der Waals surface area contributed by atoms with Gasteiger partial charge < -0.3 is 0 Å². The lowest BCUT2D eigenvalue weighted by molar-refractivity contribution is 1.09. The van der Waals surface area contributed by atoms with Crippen molar-refractivity contribution in [2.24, 2.45) is 0 Å². The first kappa shape index (κ1) is 60.3. The average Bonchev–Trinajstić information content (AvgIpc) is 2.16. The van der Waals surface area contributed by atoms with E-state index < -0.39 is 0 Å². The highest BCUT2D eigenvalue weighted by Crippen LogP contribution is 1.56. The van der Waals surface area contributed by atoms with Crippen LogP contribution in [0.25, 0.3) is 0 Å². The van der Waals surface area contributed by atoms with Crippen molar-refractivity contribution in [2.75, 3.05) is 0 Å². The monoisotopic (exact) mass is 230 g/mol. The third-order valence-corrected chi connectivity index (χ3v) is 0. The molecule has 1 heteroatoms. The van der Waals surface area contributed by atoms with Crippen LogP contribution in [0, 0.1) is 0 Å². The van der Waals surface area contributed by atoms with E-state index in [2.05, 4.69) is 27.7 Å². The van der Waals surface area contributed by atoms with Crippen molar-refractivity contribution < 1.29 is 4.70 Å². The number of hydrogen-bond acceptors (Lipinski definition) is 0. The fourth-order valence-electron chi connectivity index (χ4n) is 0. The van der Waals surface area contributed by atoms with Crippen LogP contribution in [0.15, 0.2) is 0 Å². The van der Waals surface area contributed by atoms with E-state index in [0.29, 0.717) is 0 Å². The summed E-state index contributed by atoms with van der Waals surface area (Å²) in [4.78, 5) is 0. The number of rotatable bonds is 0. The van der Waals surface area contributed by atoms with Crippen LogP contribution < -0.4 is 0 Å². The standard InChI is InChI=1S/2C3H8.3C2H6.2CH4.FH/c2*1-3-2;3*1-2;;;/h2*3H2,1-2H3;3*1-2H3;2*1H4;1H. The topological polar surface area (TPSA) is 0 Å². The summed E-state index contributed by atoms with van der Waals surface area (Å²) in [5, 5.41) is 0. The molecule has 0 amide bonds. The Hall–Kier alpha value is -0.0700. The van der Waals surface area contributed by atoms with Crippen LogP contribution in [0.1, 0.15) is 96.9 Å². The van der Waals surface area contributed by atoms with Gasteiger partial charge in [0, 0.05) is 0 Å². The van der Waals surface area contributed by atoms with E-state index in [9.17, 15) is 0 Å². The van der Waals surface area contributed by atoms with Gasteiger partial charge in [-0.1, -0.05) is 96.9 Å². The summed E-state index contributed by atoms with van der Waals surface area (Å²) < 4.78 is 0. The fourth-order valence-corrected chi connectivity index (χ4v) is 0. The Morgan fingerprint density at radius 3 is 0.467 bits per heavy atom. The predicted octanol–water partition coefficient (Wildman–Crippen LogP) is 7.34. The molecule has 0 rings (SSSR count). The Balaban J connectivity index is -0.00000000658. The van der Waals surface area contributed by atoms with Crippen LogP contribution in [0.4, 0.5) is 4.70 Å². The molecule has 0 aromatic rings. The van der Waals surface area contributed by atoms with Crippen molar-refractivity contribution in [3.63, 3.8) is 0 Å². The van der Waals surface area contributed by atoms with Crippen molar-refractivity contribution in [1.29, 1.82) is 0 Å². The van der Waals surface area contributed by atoms with Crippen molar-refractivity contribution >= 4 is 0 Å². The summed E-state index contributed by atoms with van der Waals surface area (Å²) in [7, 11) is 0. The highest BCUT2D eigenvalue weighted by Gasteiger charge is 1.36. The van der Waals surface area contributed by atoms with Crippen LogP contribution in [0.2, 0.25) is 0 Å². The molecule has 0 aliphatic carbocycles. The lowest BCUT2D eigenvalue weighted by Crippen LogP contribution is -1.27. The Labute approximate surface area is 102 Å². The van der Waals surface area contributed by atoms with Crippen molar-refractivity contribution in [3.05, 3.63) is 0 Å². The van der Waals surface area contributed by atoms with Gasteiger partial charge in [0.05, 0.1) is 0 Å². The van der Waals surface area contributed by atoms with Crippen LogP contribution in [-0.4, -0.2) is 0 Å². The van der Waals surface area contributed by atoms with Gasteiger partial charge in [-0.3, -0.25) is 4.70 Å². The minimum absolute atomic E-state index is 0. The van der Waals surface area contributed by atoms with Gasteiger partial charge in [0.15, 0.2) is 0 Å². The molecule has 0 nitrogen and oxygen atoms in total. The molecular formula is C14H43F. The van der Waals surface area contributed by atoms with Gasteiger partial charge in [0.1, 0.15) is 0 Å². The van der Waals surface area contributed by atoms with E-state index >= 15 is 0 Å². The van der Waals surface area contributed by atoms with Crippen molar-refractivity contribution in [2.45, 2.75) is 96.9 Å². The average molecular weight is 230 g/mol. The summed E-state index contributed by atoms with van der Waals surface area (Å²) in [5.74, 6) is 0. The van der Waals surface area contributed by atoms with Gasteiger partial charge in [0.2, 0.25) is 0 Å². The molecule has 0 radical (unpaired) electrons. The molecule has 0 spiro atoms. The van der Waals surface area contributed by atoms with E-state index in [1.54, 1.807) is 0 Å². The quantitative estimate of drug-likeness (QED) is 0.408. The lowest BCUT2D eigenvalue weighted by Gasteiger charge is -1.48. The minimum atomic E-state index is 0. The van der Waals surface area contributed by atoms with Crippen LogP contribution in [-0.2, 0) is 0 Å². The van der Waals surface area contributed by atoms with Gasteiger partial charge >= 0.3 is 0 Å². The second-order valence-corrected chi connectivity index (χ2v) is 1.41. The lowest BCUT2D eigenvalue weighted by atomic mass is 10.6. The van der Waals surface area contributed by atoms with Crippen molar-refractivity contribution in [1.82, 2.24) is 0 Å². The van der Waals surface area contributed by atoms with Crippen LogP contribution >= 0.6 is 0 Å². The van der Waals surface area contributed by atoms with Crippen molar-refractivity contribution in [3.8, 4) is 0 Å². The van der Waals surface area contributed by atoms with E-state index in [1.807, 2.05) is 41.5 Å². The largest absolute Gasteiger partial charge is 0.269 e. The Bertz CT molecular complexity index is 7.30. The molecular weight excluding hydrogens is 187 g/mol. The summed E-state index contributed by atoms with van der Waals surface area (Å²) in [6.45, 7) is 20.5. The maximum Gasteiger partial charge on any atom is -0.0590 e. The molecule has 0 N–H and O–H groups in total. The second-order valence-electron chi connectivity index (χ2n) is 1.41. The van der Waals surface area contributed by atoms with E-state index in [0.717, 1.165) is 0 Å². The number of halogens is 1. The molecule has 0 fully saturated rings. The molecule has 0 saturated heterocycles. The summed E-state index contributed by atoms with van der Waals surface area (Å²) in [5.41, 5.74) is 0. The van der Waals surface area contributed by atoms with Gasteiger partial charge in [-0.15, -0.1) is 0 Å². The number of hydrogen-bond donors (Lipinski definition) is 0. The van der Waals surface area contributed by atoms with E-state index in [1.165, 1.54) is 12.8 Å². The molecule has 0 aliphatic heterocycles. The maximum atomic E-state index is 2.12. The molecule has 0 aromatic carbocycles. The second kappa shape index (κ2) is 625. The molecule has 0 aromatic heterocycles. The third-order valence-electron chi connectivity index (χ3n) is 0. The Kier molecular flexibility index (Phi) is 2510. The van der Waals surface area contributed by atoms with Gasteiger partial charge in [0.25, 0.3) is 0 Å². The maximum absolute atomic E-state index is 2.12. The first-order chi connectivity index (χ1) is 5.83. The summed E-state index contributed by atoms with van der Waals surface area (Å²) in [6.07, 6.45) is 2.50. The first-order valence-corrected chi connectivity index (χ1v) is 5.83. The van der Waals surface area contributed by atoms with E-state index in [-0.39, 0.29) is 19.6 Å². The Morgan fingerprint density at radius 1 is 0.467 bits per heavy atom. The third kappa shape index (κ3) is 405000. The zero-order chi connectivity index (χ0) is 11.4. The highest BCUT2D eigenvalue weighted by molar-refractivity contribution is 3.92. The molecule has 0 unspecified atom stereocenters.